The zero-order valence-corrected chi connectivity index (χ0v) is 12.0. The molecule has 0 radical (unpaired) electrons. The first kappa shape index (κ1) is 14.5. The molecule has 0 aromatic heterocycles. The summed E-state index contributed by atoms with van der Waals surface area (Å²) in [5.41, 5.74) is 0.205. The Bertz CT molecular complexity index is 249. The van der Waals surface area contributed by atoms with Crippen molar-refractivity contribution in [3.05, 3.63) is 0 Å². The van der Waals surface area contributed by atoms with Crippen LogP contribution in [-0.2, 0) is 9.53 Å². The van der Waals surface area contributed by atoms with Gasteiger partial charge in [0.15, 0.2) is 0 Å². The van der Waals surface area contributed by atoms with Crippen LogP contribution in [0.3, 0.4) is 0 Å². The molecule has 0 bridgehead atoms. The van der Waals surface area contributed by atoms with E-state index in [2.05, 4.69) is 34.6 Å². The van der Waals surface area contributed by atoms with Gasteiger partial charge in [0.2, 0.25) is 5.91 Å². The standard InChI is InChI=1S/C14H27NO2/c1-11(2)12(10-14(3,4)5)13(16)15-6-8-17-9-7-15/h11-12H,6-10H2,1-5H3. The molecule has 3 heteroatoms. The lowest BCUT2D eigenvalue weighted by Crippen LogP contribution is -2.45. The Labute approximate surface area is 106 Å². The second-order valence-corrected chi connectivity index (χ2v) is 6.55. The highest BCUT2D eigenvalue weighted by Gasteiger charge is 2.31. The quantitative estimate of drug-likeness (QED) is 0.760. The predicted molar refractivity (Wildman–Crippen MR) is 69.8 cm³/mol. The molecule has 0 N–H and O–H groups in total. The van der Waals surface area contributed by atoms with E-state index in [1.165, 1.54) is 0 Å². The topological polar surface area (TPSA) is 29.5 Å². The Kier molecular flexibility index (Phi) is 4.99. The smallest absolute Gasteiger partial charge is 0.226 e. The first-order chi connectivity index (χ1) is 7.81. The Hall–Kier alpha value is -0.570. The lowest BCUT2D eigenvalue weighted by Gasteiger charge is -2.34. The SMILES string of the molecule is CC(C)C(CC(C)(C)C)C(=O)N1CCOCC1. The van der Waals surface area contributed by atoms with Gasteiger partial charge >= 0.3 is 0 Å². The molecular weight excluding hydrogens is 214 g/mol. The Balaban J connectivity index is 2.66. The summed E-state index contributed by atoms with van der Waals surface area (Å²) in [6.45, 7) is 13.8. The van der Waals surface area contributed by atoms with Crippen LogP contribution in [0.5, 0.6) is 0 Å². The number of carbonyl (C=O) groups is 1. The summed E-state index contributed by atoms with van der Waals surface area (Å²) in [7, 11) is 0. The van der Waals surface area contributed by atoms with Gasteiger partial charge in [0, 0.05) is 19.0 Å². The summed E-state index contributed by atoms with van der Waals surface area (Å²) >= 11 is 0. The Morgan fingerprint density at radius 2 is 1.76 bits per heavy atom. The van der Waals surface area contributed by atoms with E-state index < -0.39 is 0 Å². The summed E-state index contributed by atoms with van der Waals surface area (Å²) in [6.07, 6.45) is 0.959. The molecule has 0 aliphatic carbocycles. The molecule has 3 nitrogen and oxygen atoms in total. The molecule has 1 amide bonds. The Morgan fingerprint density at radius 1 is 1.24 bits per heavy atom. The summed E-state index contributed by atoms with van der Waals surface area (Å²) in [6, 6.07) is 0. The first-order valence-electron chi connectivity index (χ1n) is 6.68. The maximum absolute atomic E-state index is 12.5. The minimum absolute atomic E-state index is 0.146. The molecule has 1 aliphatic rings. The van der Waals surface area contributed by atoms with E-state index >= 15 is 0 Å². The maximum Gasteiger partial charge on any atom is 0.226 e. The fourth-order valence-electron chi connectivity index (χ4n) is 2.29. The van der Waals surface area contributed by atoms with Gasteiger partial charge in [0.25, 0.3) is 0 Å². The van der Waals surface area contributed by atoms with E-state index in [0.29, 0.717) is 25.0 Å². The van der Waals surface area contributed by atoms with Crippen LogP contribution in [0.25, 0.3) is 0 Å². The monoisotopic (exact) mass is 241 g/mol. The van der Waals surface area contributed by atoms with Gasteiger partial charge in [-0.25, -0.2) is 0 Å². The molecule has 1 atom stereocenters. The largest absolute Gasteiger partial charge is 0.378 e. The predicted octanol–water partition coefficient (Wildman–Crippen LogP) is 2.55. The third kappa shape index (κ3) is 4.66. The summed E-state index contributed by atoms with van der Waals surface area (Å²) < 4.78 is 5.30. The number of nitrogens with zero attached hydrogens (tertiary/aromatic N) is 1. The van der Waals surface area contributed by atoms with Crippen molar-refractivity contribution in [1.82, 2.24) is 4.90 Å². The van der Waals surface area contributed by atoms with Gasteiger partial charge < -0.3 is 9.64 Å². The van der Waals surface area contributed by atoms with Gasteiger partial charge in [0.05, 0.1) is 13.2 Å². The van der Waals surface area contributed by atoms with Crippen LogP contribution in [0.4, 0.5) is 0 Å². The van der Waals surface area contributed by atoms with E-state index in [1.54, 1.807) is 0 Å². The molecule has 100 valence electrons. The van der Waals surface area contributed by atoms with Gasteiger partial charge in [-0.3, -0.25) is 4.79 Å². The molecule has 0 aromatic carbocycles. The average Bonchev–Trinajstić information content (AvgIpc) is 2.25. The van der Waals surface area contributed by atoms with Gasteiger partial charge in [-0.05, 0) is 17.8 Å². The van der Waals surface area contributed by atoms with Crippen molar-refractivity contribution in [2.24, 2.45) is 17.3 Å². The second kappa shape index (κ2) is 5.85. The molecule has 1 unspecified atom stereocenters. The van der Waals surface area contributed by atoms with Gasteiger partial charge in [-0.15, -0.1) is 0 Å². The number of amides is 1. The van der Waals surface area contributed by atoms with Gasteiger partial charge in [-0.2, -0.15) is 0 Å². The minimum atomic E-state index is 0.146. The van der Waals surface area contributed by atoms with Crippen molar-refractivity contribution in [2.45, 2.75) is 41.0 Å². The highest BCUT2D eigenvalue weighted by molar-refractivity contribution is 5.79. The van der Waals surface area contributed by atoms with Crippen LogP contribution in [0, 0.1) is 17.3 Å². The number of hydrogen-bond acceptors (Lipinski definition) is 2. The number of rotatable bonds is 3. The molecule has 0 aromatic rings. The maximum atomic E-state index is 12.5. The van der Waals surface area contributed by atoms with Crippen molar-refractivity contribution < 1.29 is 9.53 Å². The fraction of sp³-hybridized carbons (Fsp3) is 0.929. The highest BCUT2D eigenvalue weighted by Crippen LogP contribution is 2.30. The average molecular weight is 241 g/mol. The zero-order chi connectivity index (χ0) is 13.1. The van der Waals surface area contributed by atoms with Crippen molar-refractivity contribution in [2.75, 3.05) is 26.3 Å². The minimum Gasteiger partial charge on any atom is -0.378 e. The number of hydrogen-bond donors (Lipinski definition) is 0. The van der Waals surface area contributed by atoms with Crippen molar-refractivity contribution >= 4 is 5.91 Å². The van der Waals surface area contributed by atoms with E-state index in [-0.39, 0.29) is 11.3 Å². The van der Waals surface area contributed by atoms with E-state index in [4.69, 9.17) is 4.74 Å². The normalized spacial score (nSPS) is 19.5. The number of morpholine rings is 1. The molecule has 0 spiro atoms. The fourth-order valence-corrected chi connectivity index (χ4v) is 2.29. The van der Waals surface area contributed by atoms with E-state index in [9.17, 15) is 4.79 Å². The van der Waals surface area contributed by atoms with Crippen LogP contribution < -0.4 is 0 Å². The van der Waals surface area contributed by atoms with Crippen molar-refractivity contribution in [3.8, 4) is 0 Å². The molecule has 1 rings (SSSR count). The third-order valence-electron chi connectivity index (χ3n) is 3.28. The van der Waals surface area contributed by atoms with Crippen LogP contribution in [0.15, 0.2) is 0 Å². The lowest BCUT2D eigenvalue weighted by atomic mass is 9.79. The van der Waals surface area contributed by atoms with Crippen LogP contribution in [-0.4, -0.2) is 37.1 Å². The molecule has 17 heavy (non-hydrogen) atoms. The lowest BCUT2D eigenvalue weighted by molar-refractivity contribution is -0.142. The highest BCUT2D eigenvalue weighted by atomic mass is 16.5. The summed E-state index contributed by atoms with van der Waals surface area (Å²) in [4.78, 5) is 14.5. The third-order valence-corrected chi connectivity index (χ3v) is 3.28. The van der Waals surface area contributed by atoms with E-state index in [0.717, 1.165) is 19.5 Å². The summed E-state index contributed by atoms with van der Waals surface area (Å²) in [5, 5.41) is 0. The summed E-state index contributed by atoms with van der Waals surface area (Å²) in [5.74, 6) is 0.871. The molecule has 1 fully saturated rings. The van der Waals surface area contributed by atoms with Crippen LogP contribution in [0.2, 0.25) is 0 Å². The molecule has 0 saturated carbocycles. The molecule has 1 aliphatic heterocycles. The molecule has 1 saturated heterocycles. The van der Waals surface area contributed by atoms with Crippen molar-refractivity contribution in [1.29, 1.82) is 0 Å². The first-order valence-corrected chi connectivity index (χ1v) is 6.68. The second-order valence-electron chi connectivity index (χ2n) is 6.55. The van der Waals surface area contributed by atoms with Crippen molar-refractivity contribution in [3.63, 3.8) is 0 Å². The number of ether oxygens (including phenoxy) is 1. The number of carbonyl (C=O) groups excluding carboxylic acids is 1. The van der Waals surface area contributed by atoms with E-state index in [1.807, 2.05) is 4.90 Å². The van der Waals surface area contributed by atoms with Gasteiger partial charge in [-0.1, -0.05) is 34.6 Å². The van der Waals surface area contributed by atoms with Crippen LogP contribution in [0.1, 0.15) is 41.0 Å². The Morgan fingerprint density at radius 3 is 2.18 bits per heavy atom. The van der Waals surface area contributed by atoms with Gasteiger partial charge in [0.1, 0.15) is 0 Å². The molecule has 1 heterocycles. The molecular formula is C14H27NO2. The van der Waals surface area contributed by atoms with Crippen LogP contribution >= 0.6 is 0 Å². The zero-order valence-electron chi connectivity index (χ0n) is 12.0.